The van der Waals surface area contributed by atoms with E-state index in [1.54, 1.807) is 6.08 Å². The highest BCUT2D eigenvalue weighted by atomic mass is 32.2. The van der Waals surface area contributed by atoms with Crippen LogP contribution in [0.3, 0.4) is 0 Å². The Labute approximate surface area is 219 Å². The summed E-state index contributed by atoms with van der Waals surface area (Å²) in [5.74, 6) is 2.71. The first kappa shape index (κ1) is 25.9. The fourth-order valence-corrected chi connectivity index (χ4v) is 13.6. The summed E-state index contributed by atoms with van der Waals surface area (Å²) in [6.45, 7) is 13.1. The number of carbonyl (C=O) groups is 2. The van der Waals surface area contributed by atoms with Gasteiger partial charge in [0.25, 0.3) is 0 Å². The molecule has 2 spiro atoms. The molecule has 0 aromatic rings. The molecule has 3 saturated heterocycles. The van der Waals surface area contributed by atoms with Crippen LogP contribution in [0, 0.1) is 23.7 Å². The summed E-state index contributed by atoms with van der Waals surface area (Å²) in [6, 6.07) is 3.12. The van der Waals surface area contributed by atoms with Gasteiger partial charge in [-0.15, -0.1) is 23.5 Å². The molecule has 2 aliphatic carbocycles. The zero-order chi connectivity index (χ0) is 25.2. The number of hydrogen-bond acceptors (Lipinski definition) is 7. The summed E-state index contributed by atoms with van der Waals surface area (Å²) >= 11 is 3.69. The van der Waals surface area contributed by atoms with Crippen molar-refractivity contribution in [3.8, 4) is 0 Å². The van der Waals surface area contributed by atoms with Crippen molar-refractivity contribution in [2.24, 2.45) is 23.7 Å². The van der Waals surface area contributed by atoms with Crippen molar-refractivity contribution in [3.63, 3.8) is 0 Å². The third kappa shape index (κ3) is 3.75. The van der Waals surface area contributed by atoms with E-state index < -0.39 is 18.0 Å². The summed E-state index contributed by atoms with van der Waals surface area (Å²) in [6.07, 6.45) is 4.90. The second-order valence-corrected chi connectivity index (χ2v) is 18.9. The second kappa shape index (κ2) is 9.24. The second-order valence-electron chi connectivity index (χ2n) is 11.3. The van der Waals surface area contributed by atoms with Crippen molar-refractivity contribution in [2.45, 2.75) is 94.4 Å². The van der Waals surface area contributed by atoms with Gasteiger partial charge in [0.05, 0.1) is 16.1 Å². The zero-order valence-corrected chi connectivity index (χ0v) is 24.6. The Morgan fingerprint density at radius 2 is 1.74 bits per heavy atom. The van der Waals surface area contributed by atoms with Gasteiger partial charge in [-0.2, -0.15) is 0 Å². The van der Waals surface area contributed by atoms with Crippen LogP contribution in [0.1, 0.15) is 54.4 Å². The van der Waals surface area contributed by atoms with Crippen LogP contribution in [0.25, 0.3) is 0 Å². The van der Waals surface area contributed by atoms with Gasteiger partial charge in [-0.3, -0.25) is 4.79 Å². The monoisotopic (exact) mass is 536 g/mol. The fourth-order valence-electron chi connectivity index (χ4n) is 7.19. The van der Waals surface area contributed by atoms with Crippen LogP contribution in [0.15, 0.2) is 23.5 Å². The zero-order valence-electron chi connectivity index (χ0n) is 21.9. The Morgan fingerprint density at radius 1 is 1.09 bits per heavy atom. The van der Waals surface area contributed by atoms with Gasteiger partial charge < -0.3 is 13.9 Å². The summed E-state index contributed by atoms with van der Waals surface area (Å²) in [5.41, 5.74) is -0.140. The number of ether oxygens (including phenoxy) is 2. The van der Waals surface area contributed by atoms with Crippen LogP contribution >= 0.6 is 23.5 Å². The summed E-state index contributed by atoms with van der Waals surface area (Å²) in [5, 5.41) is 0. The predicted octanol–water partition coefficient (Wildman–Crippen LogP) is 5.96. The fraction of sp³-hybridized carbons (Fsp3) is 0.778. The predicted molar refractivity (Wildman–Crippen MR) is 145 cm³/mol. The maximum absolute atomic E-state index is 13.8. The number of hydrogen-bond donors (Lipinski definition) is 0. The minimum Gasteiger partial charge on any atom is -0.487 e. The standard InChI is InChI=1S/C27H40O5S2Si/c1-7-35(8-2,9-3)32-23-19-10-11-20(28)16(4)14-18(6)27(33-12-13-34-27)21-24-26(19,31-25(21)29)15-17(5)22(23)30-24/h10-11,16-19,22-23H,7-9,12-15H2,1-6H3/b11-10-/t16-,17+,18+,19+,22+,23+,26+/m0/s1. The highest BCUT2D eigenvalue weighted by Gasteiger charge is 2.70. The molecule has 5 nitrogen and oxygen atoms in total. The molecule has 0 N–H and O–H groups in total. The van der Waals surface area contributed by atoms with Crippen molar-refractivity contribution in [3.05, 3.63) is 23.5 Å². The number of fused-ring (bicyclic) bond motifs is 2. The molecule has 4 fully saturated rings. The molecule has 4 heterocycles. The van der Waals surface area contributed by atoms with Crippen molar-refractivity contribution >= 4 is 43.6 Å². The first-order valence-electron chi connectivity index (χ1n) is 13.5. The van der Waals surface area contributed by atoms with Crippen LogP contribution in [0.2, 0.25) is 18.1 Å². The van der Waals surface area contributed by atoms with Crippen molar-refractivity contribution < 1.29 is 23.5 Å². The normalized spacial score (nSPS) is 41.1. The number of carbonyl (C=O) groups excluding carboxylic acids is 2. The number of ketones is 1. The van der Waals surface area contributed by atoms with E-state index in [1.165, 1.54) is 0 Å². The topological polar surface area (TPSA) is 61.8 Å². The summed E-state index contributed by atoms with van der Waals surface area (Å²) < 4.78 is 20.0. The Hall–Kier alpha value is -0.703. The smallest absolute Gasteiger partial charge is 0.340 e. The van der Waals surface area contributed by atoms with Gasteiger partial charge in [-0.1, -0.05) is 47.6 Å². The van der Waals surface area contributed by atoms with Gasteiger partial charge in [0.2, 0.25) is 0 Å². The van der Waals surface area contributed by atoms with E-state index in [2.05, 4.69) is 34.6 Å². The minimum atomic E-state index is -1.98. The molecule has 35 heavy (non-hydrogen) atoms. The third-order valence-corrected chi connectivity index (χ3v) is 17.9. The van der Waals surface area contributed by atoms with Gasteiger partial charge in [-0.05, 0) is 42.5 Å². The maximum Gasteiger partial charge on any atom is 0.340 e. The average molecular weight is 537 g/mol. The van der Waals surface area contributed by atoms with E-state index in [9.17, 15) is 9.59 Å². The van der Waals surface area contributed by atoms with Gasteiger partial charge >= 0.3 is 5.97 Å². The van der Waals surface area contributed by atoms with E-state index in [-0.39, 0.29) is 47.6 Å². The molecular weight excluding hydrogens is 497 g/mol. The van der Waals surface area contributed by atoms with Crippen LogP contribution in [0.5, 0.6) is 0 Å². The Morgan fingerprint density at radius 3 is 2.37 bits per heavy atom. The molecule has 0 amide bonds. The molecule has 8 heteroatoms. The average Bonchev–Trinajstić information content (AvgIpc) is 3.43. The van der Waals surface area contributed by atoms with Crippen LogP contribution in [-0.2, 0) is 23.5 Å². The molecule has 194 valence electrons. The lowest BCUT2D eigenvalue weighted by atomic mass is 9.64. The van der Waals surface area contributed by atoms with E-state index >= 15 is 0 Å². The van der Waals surface area contributed by atoms with E-state index in [4.69, 9.17) is 13.9 Å². The molecule has 4 aliphatic heterocycles. The van der Waals surface area contributed by atoms with Crippen LogP contribution in [0.4, 0.5) is 0 Å². The van der Waals surface area contributed by atoms with Gasteiger partial charge in [0.1, 0.15) is 11.7 Å². The number of allylic oxidation sites excluding steroid dienone is 1. The first-order chi connectivity index (χ1) is 16.7. The highest BCUT2D eigenvalue weighted by Crippen LogP contribution is 2.64. The molecule has 0 aromatic carbocycles. The third-order valence-electron chi connectivity index (χ3n) is 9.44. The van der Waals surface area contributed by atoms with Crippen molar-refractivity contribution in [2.75, 3.05) is 11.5 Å². The van der Waals surface area contributed by atoms with Gasteiger partial charge in [0, 0.05) is 23.8 Å². The number of rotatable bonds is 5. The molecule has 6 aliphatic rings. The molecule has 0 unspecified atom stereocenters. The quantitative estimate of drug-likeness (QED) is 0.317. The summed E-state index contributed by atoms with van der Waals surface area (Å²) in [7, 11) is -1.98. The number of thioether (sulfide) groups is 2. The van der Waals surface area contributed by atoms with Crippen LogP contribution in [-0.4, -0.2) is 53.5 Å². The van der Waals surface area contributed by atoms with E-state index in [1.807, 2.05) is 36.5 Å². The molecular formula is C27H40O5S2Si. The first-order valence-corrected chi connectivity index (χ1v) is 18.0. The van der Waals surface area contributed by atoms with Crippen molar-refractivity contribution in [1.82, 2.24) is 0 Å². The highest BCUT2D eigenvalue weighted by molar-refractivity contribution is 8.21. The lowest BCUT2D eigenvalue weighted by Gasteiger charge is -2.57. The summed E-state index contributed by atoms with van der Waals surface area (Å²) in [4.78, 5) is 27.1. The maximum atomic E-state index is 13.8. The Balaban J connectivity index is 1.70. The van der Waals surface area contributed by atoms with Crippen molar-refractivity contribution in [1.29, 1.82) is 0 Å². The number of esters is 1. The van der Waals surface area contributed by atoms with E-state index in [0.717, 1.165) is 53.8 Å². The van der Waals surface area contributed by atoms with Gasteiger partial charge in [-0.25, -0.2) is 4.79 Å². The molecule has 0 aromatic heterocycles. The molecule has 0 radical (unpaired) electrons. The van der Waals surface area contributed by atoms with Gasteiger partial charge in [0.15, 0.2) is 25.5 Å². The molecule has 7 atom stereocenters. The molecule has 5 bridgehead atoms. The van der Waals surface area contributed by atoms with Crippen LogP contribution < -0.4 is 0 Å². The molecule has 1 saturated carbocycles. The minimum absolute atomic E-state index is 0.0951. The Kier molecular flexibility index (Phi) is 6.85. The SMILES string of the molecule is CC[Si](CC)(CC)O[C@H]1[C@@H]2OC3=C4C(=O)O[C@]3(C[C@H]2C)[C@@H]1/C=C\C(=O)[C@@H](C)C[C@@H](C)C41SCCS1. The lowest BCUT2D eigenvalue weighted by molar-refractivity contribution is -0.217. The Bertz CT molecular complexity index is 945. The lowest BCUT2D eigenvalue weighted by Crippen LogP contribution is -2.66. The van der Waals surface area contributed by atoms with E-state index in [0.29, 0.717) is 0 Å². The largest absolute Gasteiger partial charge is 0.487 e. The molecule has 6 rings (SSSR count).